The quantitative estimate of drug-likeness (QED) is 0.925. The zero-order valence-electron chi connectivity index (χ0n) is 12.7. The average molecular weight is 294 g/mol. The monoisotopic (exact) mass is 294 g/mol. The van der Waals surface area contributed by atoms with Crippen molar-refractivity contribution in [3.8, 4) is 0 Å². The maximum Gasteiger partial charge on any atom is 0.258 e. The fraction of sp³-hybridized carbons (Fsp3) is 0.222. The van der Waals surface area contributed by atoms with Crippen LogP contribution in [0.25, 0.3) is 0 Å². The molecule has 0 spiro atoms. The van der Waals surface area contributed by atoms with Crippen LogP contribution in [0.1, 0.15) is 28.4 Å². The first-order chi connectivity index (χ1) is 10.6. The lowest BCUT2D eigenvalue weighted by Gasteiger charge is -2.20. The van der Waals surface area contributed by atoms with Crippen molar-refractivity contribution in [2.75, 3.05) is 16.8 Å². The Morgan fingerprint density at radius 3 is 2.50 bits per heavy atom. The summed E-state index contributed by atoms with van der Waals surface area (Å²) in [5, 5.41) is 2.82. The standard InChI is InChI=1S/C18H18N2O2/c1-12-6-8-15(9-7-12)18(22)20-11-10-14-4-3-5-16(17(14)20)19-13(2)21/h3-9H,10-11H2,1-2H3,(H,19,21). The molecule has 2 amide bonds. The topological polar surface area (TPSA) is 49.4 Å². The molecule has 1 aliphatic rings. The minimum atomic E-state index is -0.136. The van der Waals surface area contributed by atoms with E-state index in [1.807, 2.05) is 49.4 Å². The number of carbonyl (C=O) groups is 2. The van der Waals surface area contributed by atoms with Crippen molar-refractivity contribution in [1.29, 1.82) is 0 Å². The molecule has 2 aromatic rings. The number of hydrogen-bond acceptors (Lipinski definition) is 2. The molecule has 0 fully saturated rings. The predicted octanol–water partition coefficient (Wildman–Crippen LogP) is 3.16. The van der Waals surface area contributed by atoms with E-state index in [2.05, 4.69) is 5.32 Å². The average Bonchev–Trinajstić information content (AvgIpc) is 2.92. The van der Waals surface area contributed by atoms with Crippen LogP contribution < -0.4 is 10.2 Å². The molecule has 1 heterocycles. The maximum absolute atomic E-state index is 12.8. The van der Waals surface area contributed by atoms with Crippen LogP contribution in [0.5, 0.6) is 0 Å². The summed E-state index contributed by atoms with van der Waals surface area (Å²) in [5.74, 6) is -0.167. The van der Waals surface area contributed by atoms with Crippen molar-refractivity contribution in [1.82, 2.24) is 0 Å². The number of anilines is 2. The van der Waals surface area contributed by atoms with Crippen LogP contribution in [-0.4, -0.2) is 18.4 Å². The summed E-state index contributed by atoms with van der Waals surface area (Å²) in [6.07, 6.45) is 0.806. The van der Waals surface area contributed by atoms with Crippen LogP contribution in [0.15, 0.2) is 42.5 Å². The molecule has 0 saturated carbocycles. The molecule has 0 saturated heterocycles. The molecule has 1 aliphatic heterocycles. The van der Waals surface area contributed by atoms with Gasteiger partial charge in [0.05, 0.1) is 11.4 Å². The number of para-hydroxylation sites is 1. The van der Waals surface area contributed by atoms with E-state index in [1.54, 1.807) is 4.90 Å². The number of hydrogen-bond donors (Lipinski definition) is 1. The fourth-order valence-corrected chi connectivity index (χ4v) is 2.80. The normalized spacial score (nSPS) is 12.9. The Kier molecular flexibility index (Phi) is 3.67. The Labute approximate surface area is 129 Å². The third-order valence-electron chi connectivity index (χ3n) is 3.85. The summed E-state index contributed by atoms with van der Waals surface area (Å²) >= 11 is 0. The van der Waals surface area contributed by atoms with Gasteiger partial charge in [0.2, 0.25) is 5.91 Å². The van der Waals surface area contributed by atoms with Crippen molar-refractivity contribution >= 4 is 23.2 Å². The van der Waals surface area contributed by atoms with Gasteiger partial charge in [-0.3, -0.25) is 9.59 Å². The third-order valence-corrected chi connectivity index (χ3v) is 3.85. The Morgan fingerprint density at radius 1 is 1.09 bits per heavy atom. The van der Waals surface area contributed by atoms with Crippen LogP contribution in [0.2, 0.25) is 0 Å². The molecule has 0 bridgehead atoms. The van der Waals surface area contributed by atoms with Gasteiger partial charge in [0, 0.05) is 19.0 Å². The summed E-state index contributed by atoms with van der Waals surface area (Å²) in [6, 6.07) is 13.3. The molecule has 0 unspecified atom stereocenters. The van der Waals surface area contributed by atoms with Crippen molar-refractivity contribution in [3.63, 3.8) is 0 Å². The van der Waals surface area contributed by atoms with Crippen molar-refractivity contribution in [2.24, 2.45) is 0 Å². The number of fused-ring (bicyclic) bond motifs is 1. The summed E-state index contributed by atoms with van der Waals surface area (Å²) in [6.45, 7) is 4.10. The number of aryl methyl sites for hydroxylation is 1. The van der Waals surface area contributed by atoms with Crippen molar-refractivity contribution in [3.05, 3.63) is 59.2 Å². The molecule has 0 atom stereocenters. The lowest BCUT2D eigenvalue weighted by molar-refractivity contribution is -0.114. The molecule has 112 valence electrons. The summed E-state index contributed by atoms with van der Waals surface area (Å²) in [7, 11) is 0. The number of rotatable bonds is 2. The predicted molar refractivity (Wildman–Crippen MR) is 87.3 cm³/mol. The molecule has 0 aliphatic carbocycles. The second-order valence-electron chi connectivity index (χ2n) is 5.57. The molecule has 3 rings (SSSR count). The zero-order chi connectivity index (χ0) is 15.7. The second-order valence-corrected chi connectivity index (χ2v) is 5.57. The Balaban J connectivity index is 1.98. The smallest absolute Gasteiger partial charge is 0.258 e. The molecular formula is C18H18N2O2. The first kappa shape index (κ1) is 14.3. The van der Waals surface area contributed by atoms with E-state index in [-0.39, 0.29) is 11.8 Å². The van der Waals surface area contributed by atoms with Crippen LogP contribution in [0, 0.1) is 6.92 Å². The third kappa shape index (κ3) is 2.60. The van der Waals surface area contributed by atoms with Gasteiger partial charge in [-0.15, -0.1) is 0 Å². The van der Waals surface area contributed by atoms with E-state index in [0.717, 1.165) is 23.2 Å². The lowest BCUT2D eigenvalue weighted by Crippen LogP contribution is -2.29. The van der Waals surface area contributed by atoms with Crippen LogP contribution in [0.4, 0.5) is 11.4 Å². The minimum Gasteiger partial charge on any atom is -0.325 e. The van der Waals surface area contributed by atoms with Gasteiger partial charge in [-0.2, -0.15) is 0 Å². The van der Waals surface area contributed by atoms with Gasteiger partial charge < -0.3 is 10.2 Å². The second kappa shape index (κ2) is 5.64. The zero-order valence-corrected chi connectivity index (χ0v) is 12.7. The fourth-order valence-electron chi connectivity index (χ4n) is 2.80. The van der Waals surface area contributed by atoms with Gasteiger partial charge >= 0.3 is 0 Å². The van der Waals surface area contributed by atoms with E-state index < -0.39 is 0 Å². The van der Waals surface area contributed by atoms with Gasteiger partial charge in [-0.1, -0.05) is 29.8 Å². The molecule has 2 aromatic carbocycles. The molecule has 1 N–H and O–H groups in total. The van der Waals surface area contributed by atoms with Gasteiger partial charge in [-0.05, 0) is 37.1 Å². The highest BCUT2D eigenvalue weighted by Crippen LogP contribution is 2.36. The first-order valence-electron chi connectivity index (χ1n) is 7.34. The highest BCUT2D eigenvalue weighted by Gasteiger charge is 2.28. The molecule has 0 aromatic heterocycles. The Morgan fingerprint density at radius 2 is 1.82 bits per heavy atom. The minimum absolute atomic E-state index is 0.0310. The van der Waals surface area contributed by atoms with Crippen LogP contribution in [-0.2, 0) is 11.2 Å². The van der Waals surface area contributed by atoms with Crippen molar-refractivity contribution < 1.29 is 9.59 Å². The van der Waals surface area contributed by atoms with Gasteiger partial charge in [0.1, 0.15) is 0 Å². The number of carbonyl (C=O) groups excluding carboxylic acids is 2. The van der Waals surface area contributed by atoms with E-state index >= 15 is 0 Å². The largest absolute Gasteiger partial charge is 0.325 e. The van der Waals surface area contributed by atoms with E-state index in [1.165, 1.54) is 6.92 Å². The van der Waals surface area contributed by atoms with Gasteiger partial charge in [0.15, 0.2) is 0 Å². The van der Waals surface area contributed by atoms with Gasteiger partial charge in [0.25, 0.3) is 5.91 Å². The number of benzene rings is 2. The number of amides is 2. The molecule has 4 heteroatoms. The Hall–Kier alpha value is -2.62. The molecule has 22 heavy (non-hydrogen) atoms. The van der Waals surface area contributed by atoms with Crippen LogP contribution in [0.3, 0.4) is 0 Å². The van der Waals surface area contributed by atoms with E-state index in [4.69, 9.17) is 0 Å². The highest BCUT2D eigenvalue weighted by molar-refractivity contribution is 6.10. The summed E-state index contributed by atoms with van der Waals surface area (Å²) in [5.41, 5.74) is 4.39. The highest BCUT2D eigenvalue weighted by atomic mass is 16.2. The lowest BCUT2D eigenvalue weighted by atomic mass is 10.1. The molecular weight excluding hydrogens is 276 g/mol. The number of nitrogens with one attached hydrogen (secondary N) is 1. The molecule has 0 radical (unpaired) electrons. The SMILES string of the molecule is CC(=O)Nc1cccc2c1N(C(=O)c1ccc(C)cc1)CC2. The van der Waals surface area contributed by atoms with E-state index in [9.17, 15) is 9.59 Å². The van der Waals surface area contributed by atoms with E-state index in [0.29, 0.717) is 17.8 Å². The summed E-state index contributed by atoms with van der Waals surface area (Å²) in [4.78, 5) is 25.9. The van der Waals surface area contributed by atoms with Crippen LogP contribution >= 0.6 is 0 Å². The summed E-state index contributed by atoms with van der Waals surface area (Å²) < 4.78 is 0. The first-order valence-corrected chi connectivity index (χ1v) is 7.34. The van der Waals surface area contributed by atoms with Crippen molar-refractivity contribution in [2.45, 2.75) is 20.3 Å². The number of nitrogens with zero attached hydrogens (tertiary/aromatic N) is 1. The Bertz CT molecular complexity index is 735. The maximum atomic E-state index is 12.8. The molecule has 4 nitrogen and oxygen atoms in total. The van der Waals surface area contributed by atoms with Gasteiger partial charge in [-0.25, -0.2) is 0 Å².